The molecule has 0 saturated heterocycles. The Balaban J connectivity index is 2.33. The number of pyridine rings is 1. The zero-order chi connectivity index (χ0) is 11.5. The zero-order valence-corrected chi connectivity index (χ0v) is 11.0. The first kappa shape index (κ1) is 11.6. The van der Waals surface area contributed by atoms with Crippen molar-refractivity contribution >= 4 is 27.3 Å². The summed E-state index contributed by atoms with van der Waals surface area (Å²) in [6.07, 6.45) is -0.718. The Morgan fingerprint density at radius 3 is 2.88 bits per heavy atom. The molecule has 1 atom stereocenters. The van der Waals surface area contributed by atoms with Crippen molar-refractivity contribution in [2.45, 2.75) is 6.10 Å². The summed E-state index contributed by atoms with van der Waals surface area (Å²) < 4.78 is 5.92. The van der Waals surface area contributed by atoms with E-state index in [1.807, 2.05) is 17.5 Å². The lowest BCUT2D eigenvalue weighted by molar-refractivity contribution is 0.217. The molecular weight excluding hydrogens is 290 g/mol. The number of hydrogen-bond donors (Lipinski definition) is 1. The molecule has 1 N–H and O–H groups in total. The summed E-state index contributed by atoms with van der Waals surface area (Å²) in [5.74, 6) is 0.504. The van der Waals surface area contributed by atoms with Crippen molar-refractivity contribution in [3.05, 3.63) is 44.7 Å². The summed E-state index contributed by atoms with van der Waals surface area (Å²) in [4.78, 5) is 5.05. The largest absolute Gasteiger partial charge is 0.481 e. The molecule has 5 heteroatoms. The van der Waals surface area contributed by atoms with Gasteiger partial charge in [-0.05, 0) is 33.4 Å². The van der Waals surface area contributed by atoms with Crippen LogP contribution in [0.3, 0.4) is 0 Å². The standard InChI is InChI=1S/C11H10BrNO2S/c1-15-9-4-2-3-8(13-9)10(14)11-7(12)5-6-16-11/h2-6,10,14H,1H3. The van der Waals surface area contributed by atoms with E-state index in [-0.39, 0.29) is 0 Å². The molecule has 0 saturated carbocycles. The van der Waals surface area contributed by atoms with Gasteiger partial charge in [-0.15, -0.1) is 11.3 Å². The number of halogens is 1. The average molecular weight is 300 g/mol. The molecule has 84 valence electrons. The number of rotatable bonds is 3. The van der Waals surface area contributed by atoms with Crippen LogP contribution in [0.4, 0.5) is 0 Å². The minimum atomic E-state index is -0.718. The van der Waals surface area contributed by atoms with Gasteiger partial charge in [-0.25, -0.2) is 4.98 Å². The lowest BCUT2D eigenvalue weighted by atomic mass is 10.2. The summed E-state index contributed by atoms with van der Waals surface area (Å²) in [7, 11) is 1.56. The van der Waals surface area contributed by atoms with Gasteiger partial charge in [0.2, 0.25) is 5.88 Å². The van der Waals surface area contributed by atoms with E-state index in [1.165, 1.54) is 11.3 Å². The number of thiophene rings is 1. The Bertz CT molecular complexity index is 486. The van der Waals surface area contributed by atoms with Crippen molar-refractivity contribution in [1.29, 1.82) is 0 Å². The summed E-state index contributed by atoms with van der Waals surface area (Å²) in [5, 5.41) is 12.1. The number of aliphatic hydroxyl groups excluding tert-OH is 1. The number of aromatic nitrogens is 1. The SMILES string of the molecule is COc1cccc(C(O)c2sccc2Br)n1. The second-order valence-electron chi connectivity index (χ2n) is 3.14. The lowest BCUT2D eigenvalue weighted by Gasteiger charge is -2.09. The molecular formula is C11H10BrNO2S. The Labute approximate surface area is 106 Å². The average Bonchev–Trinajstić information content (AvgIpc) is 2.74. The van der Waals surface area contributed by atoms with Gasteiger partial charge in [0.15, 0.2) is 0 Å². The first-order valence-electron chi connectivity index (χ1n) is 4.64. The van der Waals surface area contributed by atoms with Crippen LogP contribution in [-0.4, -0.2) is 17.2 Å². The Morgan fingerprint density at radius 1 is 1.44 bits per heavy atom. The fourth-order valence-electron chi connectivity index (χ4n) is 1.33. The minimum Gasteiger partial charge on any atom is -0.481 e. The first-order chi connectivity index (χ1) is 7.72. The molecule has 0 radical (unpaired) electrons. The number of nitrogens with zero attached hydrogens (tertiary/aromatic N) is 1. The van der Waals surface area contributed by atoms with E-state index < -0.39 is 6.10 Å². The molecule has 0 bridgehead atoms. The van der Waals surface area contributed by atoms with Crippen LogP contribution in [-0.2, 0) is 0 Å². The van der Waals surface area contributed by atoms with Crippen molar-refractivity contribution in [2.24, 2.45) is 0 Å². The highest BCUT2D eigenvalue weighted by Gasteiger charge is 2.16. The molecule has 2 rings (SSSR count). The summed E-state index contributed by atoms with van der Waals surface area (Å²) >= 11 is 4.88. The van der Waals surface area contributed by atoms with Gasteiger partial charge in [0.1, 0.15) is 6.10 Å². The van der Waals surface area contributed by atoms with E-state index >= 15 is 0 Å². The predicted octanol–water partition coefficient (Wildman–Crippen LogP) is 3.00. The second-order valence-corrected chi connectivity index (χ2v) is 4.94. The monoisotopic (exact) mass is 299 g/mol. The molecule has 3 nitrogen and oxygen atoms in total. The van der Waals surface area contributed by atoms with Crippen LogP contribution in [0.1, 0.15) is 16.7 Å². The minimum absolute atomic E-state index is 0.504. The highest BCUT2D eigenvalue weighted by Crippen LogP contribution is 2.32. The summed E-state index contributed by atoms with van der Waals surface area (Å²) in [6, 6.07) is 7.24. The third-order valence-corrected chi connectivity index (χ3v) is 4.05. The number of aliphatic hydroxyl groups is 1. The smallest absolute Gasteiger partial charge is 0.213 e. The summed E-state index contributed by atoms with van der Waals surface area (Å²) in [5.41, 5.74) is 0.586. The Kier molecular flexibility index (Phi) is 3.58. The summed E-state index contributed by atoms with van der Waals surface area (Å²) in [6.45, 7) is 0. The molecule has 0 aromatic carbocycles. The van der Waals surface area contributed by atoms with Crippen molar-refractivity contribution in [1.82, 2.24) is 4.98 Å². The molecule has 0 amide bonds. The van der Waals surface area contributed by atoms with Crippen molar-refractivity contribution < 1.29 is 9.84 Å². The quantitative estimate of drug-likeness (QED) is 0.947. The topological polar surface area (TPSA) is 42.4 Å². The highest BCUT2D eigenvalue weighted by molar-refractivity contribution is 9.10. The fourth-order valence-corrected chi connectivity index (χ4v) is 2.92. The molecule has 2 heterocycles. The van der Waals surface area contributed by atoms with Gasteiger partial charge in [0.25, 0.3) is 0 Å². The maximum Gasteiger partial charge on any atom is 0.213 e. The molecule has 0 fully saturated rings. The van der Waals surface area contributed by atoms with Gasteiger partial charge in [0.05, 0.1) is 17.7 Å². The van der Waals surface area contributed by atoms with Gasteiger partial charge in [-0.1, -0.05) is 6.07 Å². The van der Waals surface area contributed by atoms with Crippen molar-refractivity contribution in [3.8, 4) is 5.88 Å². The van der Waals surface area contributed by atoms with Gasteiger partial charge in [-0.3, -0.25) is 0 Å². The van der Waals surface area contributed by atoms with E-state index in [9.17, 15) is 5.11 Å². The molecule has 2 aromatic rings. The molecule has 0 aliphatic rings. The molecule has 1 unspecified atom stereocenters. The number of methoxy groups -OCH3 is 1. The fraction of sp³-hybridized carbons (Fsp3) is 0.182. The van der Waals surface area contributed by atoms with Crippen molar-refractivity contribution in [3.63, 3.8) is 0 Å². The highest BCUT2D eigenvalue weighted by atomic mass is 79.9. The van der Waals surface area contributed by atoms with Crippen molar-refractivity contribution in [2.75, 3.05) is 7.11 Å². The predicted molar refractivity (Wildman–Crippen MR) is 66.9 cm³/mol. The maximum absolute atomic E-state index is 10.1. The number of hydrogen-bond acceptors (Lipinski definition) is 4. The Morgan fingerprint density at radius 2 is 2.25 bits per heavy atom. The van der Waals surface area contributed by atoms with Crippen LogP contribution in [0, 0.1) is 0 Å². The third kappa shape index (κ3) is 2.26. The molecule has 2 aromatic heterocycles. The van der Waals surface area contributed by atoms with Crippen LogP contribution in [0.25, 0.3) is 0 Å². The Hall–Kier alpha value is -0.910. The van der Waals surface area contributed by atoms with E-state index in [0.717, 1.165) is 9.35 Å². The van der Waals surface area contributed by atoms with E-state index in [0.29, 0.717) is 11.6 Å². The van der Waals surface area contributed by atoms with Gasteiger partial charge in [-0.2, -0.15) is 0 Å². The second kappa shape index (κ2) is 4.95. The maximum atomic E-state index is 10.1. The number of ether oxygens (including phenoxy) is 1. The van der Waals surface area contributed by atoms with E-state index in [1.54, 1.807) is 19.2 Å². The van der Waals surface area contributed by atoms with Crippen LogP contribution in [0.5, 0.6) is 5.88 Å². The molecule has 16 heavy (non-hydrogen) atoms. The molecule has 0 aliphatic carbocycles. The van der Waals surface area contributed by atoms with Gasteiger partial charge >= 0.3 is 0 Å². The van der Waals surface area contributed by atoms with Crippen LogP contribution in [0.2, 0.25) is 0 Å². The first-order valence-corrected chi connectivity index (χ1v) is 6.31. The molecule has 0 spiro atoms. The third-order valence-electron chi connectivity index (χ3n) is 2.13. The van der Waals surface area contributed by atoms with Crippen LogP contribution in [0.15, 0.2) is 34.1 Å². The molecule has 0 aliphatic heterocycles. The van der Waals surface area contributed by atoms with E-state index in [4.69, 9.17) is 4.74 Å². The van der Waals surface area contributed by atoms with Gasteiger partial charge < -0.3 is 9.84 Å². The lowest BCUT2D eigenvalue weighted by Crippen LogP contribution is -2.01. The normalized spacial score (nSPS) is 12.4. The zero-order valence-electron chi connectivity index (χ0n) is 8.55. The van der Waals surface area contributed by atoms with E-state index in [2.05, 4.69) is 20.9 Å². The van der Waals surface area contributed by atoms with Gasteiger partial charge in [0, 0.05) is 10.5 Å². The van der Waals surface area contributed by atoms with Crippen LogP contribution >= 0.6 is 27.3 Å². The van der Waals surface area contributed by atoms with Crippen LogP contribution < -0.4 is 4.74 Å².